The van der Waals surface area contributed by atoms with Crippen molar-refractivity contribution < 1.29 is 14.3 Å². The van der Waals surface area contributed by atoms with E-state index in [-0.39, 0.29) is 18.1 Å². The summed E-state index contributed by atoms with van der Waals surface area (Å²) in [4.78, 5) is 40.9. The minimum Gasteiger partial charge on any atom is -0.456 e. The van der Waals surface area contributed by atoms with Gasteiger partial charge in [-0.2, -0.15) is 0 Å². The number of anilines is 1. The molecule has 2 heterocycles. The lowest BCUT2D eigenvalue weighted by Gasteiger charge is -2.17. The number of hydrogen-bond donors (Lipinski definition) is 1. The molecule has 7 nitrogen and oxygen atoms in total. The second-order valence-electron chi connectivity index (χ2n) is 7.00. The van der Waals surface area contributed by atoms with E-state index in [4.69, 9.17) is 4.74 Å². The fourth-order valence-corrected chi connectivity index (χ4v) is 2.93. The van der Waals surface area contributed by atoms with Crippen LogP contribution in [0.3, 0.4) is 0 Å². The first-order chi connectivity index (χ1) is 12.7. The molecule has 140 valence electrons. The summed E-state index contributed by atoms with van der Waals surface area (Å²) >= 11 is 1.33. The summed E-state index contributed by atoms with van der Waals surface area (Å²) in [5, 5.41) is 4.55. The Morgan fingerprint density at radius 1 is 1.22 bits per heavy atom. The van der Waals surface area contributed by atoms with Crippen LogP contribution in [0.2, 0.25) is 0 Å². The molecule has 0 atom stereocenters. The Bertz CT molecular complexity index is 1050. The second-order valence-corrected chi connectivity index (χ2v) is 7.87. The molecule has 3 rings (SSSR count). The van der Waals surface area contributed by atoms with E-state index in [1.54, 1.807) is 35.8 Å². The summed E-state index contributed by atoms with van der Waals surface area (Å²) < 4.78 is 6.67. The maximum Gasteiger partial charge on any atom is 0.338 e. The van der Waals surface area contributed by atoms with Crippen LogP contribution in [0.4, 0.5) is 5.69 Å². The number of rotatable bonds is 4. The van der Waals surface area contributed by atoms with Gasteiger partial charge in [-0.05, 0) is 24.3 Å². The number of benzene rings is 1. The van der Waals surface area contributed by atoms with Crippen LogP contribution in [0.15, 0.2) is 46.7 Å². The predicted octanol–water partition coefficient (Wildman–Crippen LogP) is 3.10. The smallest absolute Gasteiger partial charge is 0.338 e. The maximum atomic E-state index is 12.2. The summed E-state index contributed by atoms with van der Waals surface area (Å²) in [7, 11) is 0. The van der Waals surface area contributed by atoms with Gasteiger partial charge >= 0.3 is 5.97 Å². The van der Waals surface area contributed by atoms with Crippen LogP contribution in [0.1, 0.15) is 36.8 Å². The third-order valence-corrected chi connectivity index (χ3v) is 4.52. The van der Waals surface area contributed by atoms with Crippen LogP contribution in [-0.2, 0) is 16.1 Å². The molecule has 1 amide bonds. The Hall–Kier alpha value is -3.00. The van der Waals surface area contributed by atoms with Gasteiger partial charge in [0.05, 0.1) is 11.3 Å². The zero-order valence-electron chi connectivity index (χ0n) is 15.2. The Morgan fingerprint density at radius 2 is 1.93 bits per heavy atom. The highest BCUT2D eigenvalue weighted by Crippen LogP contribution is 2.18. The van der Waals surface area contributed by atoms with Gasteiger partial charge in [-0.1, -0.05) is 20.8 Å². The third-order valence-electron chi connectivity index (χ3n) is 3.77. The first-order valence-corrected chi connectivity index (χ1v) is 9.16. The molecule has 0 radical (unpaired) electrons. The van der Waals surface area contributed by atoms with Crippen molar-refractivity contribution in [2.45, 2.75) is 27.4 Å². The van der Waals surface area contributed by atoms with Crippen LogP contribution in [0, 0.1) is 5.41 Å². The molecule has 0 unspecified atom stereocenters. The molecule has 0 aliphatic carbocycles. The Labute approximate surface area is 159 Å². The van der Waals surface area contributed by atoms with E-state index in [2.05, 4.69) is 10.3 Å². The first kappa shape index (κ1) is 18.8. The van der Waals surface area contributed by atoms with Gasteiger partial charge in [-0.15, -0.1) is 11.3 Å². The minimum absolute atomic E-state index is 0.0923. The van der Waals surface area contributed by atoms with Crippen LogP contribution in [-0.4, -0.2) is 21.3 Å². The summed E-state index contributed by atoms with van der Waals surface area (Å²) in [6.45, 7) is 5.37. The lowest BCUT2D eigenvalue weighted by atomic mass is 9.95. The number of carbonyl (C=O) groups is 2. The van der Waals surface area contributed by atoms with Crippen molar-refractivity contribution in [3.05, 3.63) is 63.5 Å². The average Bonchev–Trinajstić information content (AvgIpc) is 3.08. The number of fused-ring (bicyclic) bond motifs is 1. The van der Waals surface area contributed by atoms with E-state index >= 15 is 0 Å². The molecular formula is C19H19N3O4S. The number of nitrogens with one attached hydrogen (secondary N) is 1. The monoisotopic (exact) mass is 385 g/mol. The second kappa shape index (κ2) is 7.32. The molecule has 3 aromatic rings. The van der Waals surface area contributed by atoms with E-state index in [9.17, 15) is 14.4 Å². The standard InChI is InChI=1S/C19H19N3O4S/c1-19(2,3)17(25)20-13-6-4-12(5-7-13)16(24)26-11-14-10-15(23)22-8-9-27-18(22)21-14/h4-10H,11H2,1-3H3,(H,20,25). The molecule has 1 N–H and O–H groups in total. The normalized spacial score (nSPS) is 11.4. The van der Waals surface area contributed by atoms with Gasteiger partial charge in [0.15, 0.2) is 4.96 Å². The number of carbonyl (C=O) groups excluding carboxylic acids is 2. The van der Waals surface area contributed by atoms with Crippen molar-refractivity contribution in [3.8, 4) is 0 Å². The average molecular weight is 385 g/mol. The van der Waals surface area contributed by atoms with Crippen molar-refractivity contribution >= 4 is 33.9 Å². The van der Waals surface area contributed by atoms with Crippen LogP contribution in [0.5, 0.6) is 0 Å². The highest BCUT2D eigenvalue weighted by molar-refractivity contribution is 7.15. The fraction of sp³-hybridized carbons (Fsp3) is 0.263. The van der Waals surface area contributed by atoms with Gasteiger partial charge in [-0.25, -0.2) is 9.78 Å². The van der Waals surface area contributed by atoms with Crippen LogP contribution < -0.4 is 10.9 Å². The number of amides is 1. The van der Waals surface area contributed by atoms with E-state index in [0.717, 1.165) is 0 Å². The Balaban J connectivity index is 1.63. The molecule has 0 aliphatic heterocycles. The molecular weight excluding hydrogens is 366 g/mol. The number of ether oxygens (including phenoxy) is 1. The number of thiazole rings is 1. The predicted molar refractivity (Wildman–Crippen MR) is 103 cm³/mol. The minimum atomic E-state index is -0.531. The molecule has 0 aliphatic rings. The fourth-order valence-electron chi connectivity index (χ4n) is 2.19. The summed E-state index contributed by atoms with van der Waals surface area (Å²) in [6, 6.07) is 7.78. The highest BCUT2D eigenvalue weighted by atomic mass is 32.1. The third kappa shape index (κ3) is 4.40. The molecule has 2 aromatic heterocycles. The molecule has 0 spiro atoms. The number of hydrogen-bond acceptors (Lipinski definition) is 6. The first-order valence-electron chi connectivity index (χ1n) is 8.28. The lowest BCUT2D eigenvalue weighted by Crippen LogP contribution is -2.27. The molecule has 0 fully saturated rings. The molecule has 0 saturated carbocycles. The summed E-state index contributed by atoms with van der Waals surface area (Å²) in [5.41, 5.74) is 0.616. The quantitative estimate of drug-likeness (QED) is 0.697. The largest absolute Gasteiger partial charge is 0.456 e. The van der Waals surface area contributed by atoms with Crippen molar-refractivity contribution in [1.29, 1.82) is 0 Å². The number of esters is 1. The van der Waals surface area contributed by atoms with Crippen LogP contribution in [0.25, 0.3) is 4.96 Å². The van der Waals surface area contributed by atoms with E-state index < -0.39 is 11.4 Å². The van der Waals surface area contributed by atoms with Gasteiger partial charge in [0.25, 0.3) is 5.56 Å². The molecule has 0 bridgehead atoms. The number of nitrogens with zero attached hydrogens (tertiary/aromatic N) is 2. The molecule has 8 heteroatoms. The van der Waals surface area contributed by atoms with E-state index in [1.807, 2.05) is 20.8 Å². The number of aromatic nitrogens is 2. The maximum absolute atomic E-state index is 12.2. The van der Waals surface area contributed by atoms with Crippen molar-refractivity contribution in [1.82, 2.24) is 9.38 Å². The molecule has 0 saturated heterocycles. The zero-order chi connectivity index (χ0) is 19.6. The Morgan fingerprint density at radius 3 is 2.59 bits per heavy atom. The molecule has 27 heavy (non-hydrogen) atoms. The van der Waals surface area contributed by atoms with E-state index in [0.29, 0.717) is 21.9 Å². The highest BCUT2D eigenvalue weighted by Gasteiger charge is 2.21. The van der Waals surface area contributed by atoms with Gasteiger partial charge in [0.1, 0.15) is 6.61 Å². The van der Waals surface area contributed by atoms with Crippen LogP contribution >= 0.6 is 11.3 Å². The molecule has 1 aromatic carbocycles. The SMILES string of the molecule is CC(C)(C)C(=O)Nc1ccc(C(=O)OCc2cc(=O)n3ccsc3n2)cc1. The Kier molecular flexibility index (Phi) is 5.09. The van der Waals surface area contributed by atoms with Gasteiger partial charge in [-0.3, -0.25) is 14.0 Å². The van der Waals surface area contributed by atoms with Gasteiger partial charge in [0.2, 0.25) is 5.91 Å². The van der Waals surface area contributed by atoms with Gasteiger partial charge < -0.3 is 10.1 Å². The summed E-state index contributed by atoms with van der Waals surface area (Å²) in [6.07, 6.45) is 1.64. The summed E-state index contributed by atoms with van der Waals surface area (Å²) in [5.74, 6) is -0.643. The van der Waals surface area contributed by atoms with Crippen molar-refractivity contribution in [2.24, 2.45) is 5.41 Å². The zero-order valence-corrected chi connectivity index (χ0v) is 16.0. The lowest BCUT2D eigenvalue weighted by molar-refractivity contribution is -0.123. The van der Waals surface area contributed by atoms with Crippen molar-refractivity contribution in [2.75, 3.05) is 5.32 Å². The van der Waals surface area contributed by atoms with Gasteiger partial charge in [0, 0.05) is 28.7 Å². The van der Waals surface area contributed by atoms with E-state index in [1.165, 1.54) is 21.8 Å². The van der Waals surface area contributed by atoms with Crippen molar-refractivity contribution in [3.63, 3.8) is 0 Å². The topological polar surface area (TPSA) is 89.8 Å².